The highest BCUT2D eigenvalue weighted by atomic mass is 16.5. The fourth-order valence-corrected chi connectivity index (χ4v) is 1.61. The van der Waals surface area contributed by atoms with E-state index in [0.29, 0.717) is 6.61 Å². The van der Waals surface area contributed by atoms with E-state index in [9.17, 15) is 0 Å². The van der Waals surface area contributed by atoms with Crippen LogP contribution in [0.2, 0.25) is 0 Å². The largest absolute Gasteiger partial charge is 0.473 e. The Morgan fingerprint density at radius 1 is 1.25 bits per heavy atom. The Morgan fingerprint density at radius 2 is 2.00 bits per heavy atom. The summed E-state index contributed by atoms with van der Waals surface area (Å²) in [6, 6.07) is 10.2. The fourth-order valence-electron chi connectivity index (χ4n) is 1.61. The van der Waals surface area contributed by atoms with Crippen molar-refractivity contribution < 1.29 is 4.74 Å². The zero-order valence-corrected chi connectivity index (χ0v) is 9.68. The molecule has 0 radical (unpaired) electrons. The summed E-state index contributed by atoms with van der Waals surface area (Å²) in [5, 5.41) is 4.24. The smallest absolute Gasteiger partial charge is 0.215 e. The first-order valence-corrected chi connectivity index (χ1v) is 5.50. The second-order valence-corrected chi connectivity index (χ2v) is 3.72. The molecule has 0 spiro atoms. The number of benzene rings is 1. The van der Waals surface area contributed by atoms with Crippen LogP contribution in [0.4, 0.5) is 0 Å². The number of hydrogen-bond acceptors (Lipinski definition) is 2. The predicted molar refractivity (Wildman–Crippen MR) is 63.4 cm³/mol. The summed E-state index contributed by atoms with van der Waals surface area (Å²) in [6.45, 7) is 5.49. The van der Waals surface area contributed by atoms with E-state index in [1.54, 1.807) is 0 Å². The number of aromatic nitrogens is 2. The van der Waals surface area contributed by atoms with E-state index >= 15 is 0 Å². The van der Waals surface area contributed by atoms with Gasteiger partial charge in [0.2, 0.25) is 5.88 Å². The molecule has 0 aliphatic rings. The molecule has 1 aromatic heterocycles. The molecule has 3 nitrogen and oxygen atoms in total. The van der Waals surface area contributed by atoms with Gasteiger partial charge >= 0.3 is 0 Å². The van der Waals surface area contributed by atoms with Gasteiger partial charge in [0.1, 0.15) is 6.61 Å². The lowest BCUT2D eigenvalue weighted by Crippen LogP contribution is -2.04. The molecule has 1 aromatic carbocycles. The van der Waals surface area contributed by atoms with Crippen LogP contribution in [0.5, 0.6) is 5.88 Å². The zero-order chi connectivity index (χ0) is 11.4. The van der Waals surface area contributed by atoms with Crippen LogP contribution in [0.15, 0.2) is 36.5 Å². The molecule has 0 unspecified atom stereocenters. The topological polar surface area (TPSA) is 27.1 Å². The van der Waals surface area contributed by atoms with Crippen LogP contribution < -0.4 is 4.74 Å². The van der Waals surface area contributed by atoms with Gasteiger partial charge in [0.25, 0.3) is 0 Å². The molecular weight excluding hydrogens is 200 g/mol. The van der Waals surface area contributed by atoms with Gasteiger partial charge in [-0.25, -0.2) is 4.68 Å². The molecule has 2 aromatic rings. The Balaban J connectivity index is 2.07. The third kappa shape index (κ3) is 2.24. The molecule has 0 saturated carbocycles. The van der Waals surface area contributed by atoms with Crippen molar-refractivity contribution >= 4 is 0 Å². The van der Waals surface area contributed by atoms with Crippen molar-refractivity contribution in [3.63, 3.8) is 0 Å². The number of rotatable bonds is 4. The summed E-state index contributed by atoms with van der Waals surface area (Å²) < 4.78 is 7.66. The maximum Gasteiger partial charge on any atom is 0.215 e. The minimum absolute atomic E-state index is 0.591. The van der Waals surface area contributed by atoms with Gasteiger partial charge in [0.15, 0.2) is 0 Å². The molecule has 1 heterocycles. The van der Waals surface area contributed by atoms with Crippen molar-refractivity contribution in [2.75, 3.05) is 0 Å². The van der Waals surface area contributed by atoms with E-state index in [-0.39, 0.29) is 0 Å². The third-order valence-electron chi connectivity index (χ3n) is 2.48. The molecule has 0 fully saturated rings. The fraction of sp³-hybridized carbons (Fsp3) is 0.308. The van der Waals surface area contributed by atoms with Crippen molar-refractivity contribution in [1.82, 2.24) is 9.78 Å². The van der Waals surface area contributed by atoms with Gasteiger partial charge in [-0.3, -0.25) is 0 Å². The van der Waals surface area contributed by atoms with Crippen molar-refractivity contribution in [3.05, 3.63) is 47.7 Å². The Morgan fingerprint density at radius 3 is 2.69 bits per heavy atom. The van der Waals surface area contributed by atoms with Gasteiger partial charge in [-0.15, -0.1) is 0 Å². The van der Waals surface area contributed by atoms with Gasteiger partial charge in [0.05, 0.1) is 6.20 Å². The van der Waals surface area contributed by atoms with E-state index in [1.807, 2.05) is 36.0 Å². The van der Waals surface area contributed by atoms with Gasteiger partial charge in [-0.05, 0) is 19.4 Å². The van der Waals surface area contributed by atoms with Gasteiger partial charge in [-0.2, -0.15) is 5.10 Å². The highest BCUT2D eigenvalue weighted by molar-refractivity contribution is 5.23. The average Bonchev–Trinajstić information content (AvgIpc) is 2.69. The molecule has 2 rings (SSSR count). The van der Waals surface area contributed by atoms with Crippen LogP contribution in [0, 0.1) is 6.92 Å². The number of aryl methyl sites for hydroxylation is 2. The molecule has 0 aliphatic heterocycles. The SMILES string of the molecule is CCn1ncc(C)c1OCc1ccccc1. The molecule has 84 valence electrons. The van der Waals surface area contributed by atoms with E-state index in [1.165, 1.54) is 5.56 Å². The average molecular weight is 216 g/mol. The summed E-state index contributed by atoms with van der Waals surface area (Å²) in [5.74, 6) is 0.867. The van der Waals surface area contributed by atoms with Crippen molar-refractivity contribution in [3.8, 4) is 5.88 Å². The summed E-state index contributed by atoms with van der Waals surface area (Å²) in [5.41, 5.74) is 2.25. The normalized spacial score (nSPS) is 10.4. The van der Waals surface area contributed by atoms with Crippen LogP contribution in [-0.2, 0) is 13.2 Å². The molecule has 0 amide bonds. The standard InChI is InChI=1S/C13H16N2O/c1-3-15-13(11(2)9-14-15)16-10-12-7-5-4-6-8-12/h4-9H,3,10H2,1-2H3. The predicted octanol–water partition coefficient (Wildman–Crippen LogP) is 2.79. The first-order chi connectivity index (χ1) is 7.81. The molecule has 16 heavy (non-hydrogen) atoms. The van der Waals surface area contributed by atoms with E-state index in [0.717, 1.165) is 18.0 Å². The lowest BCUT2D eigenvalue weighted by atomic mass is 10.2. The van der Waals surface area contributed by atoms with Crippen molar-refractivity contribution in [2.24, 2.45) is 0 Å². The summed E-state index contributed by atoms with van der Waals surface area (Å²) in [7, 11) is 0. The van der Waals surface area contributed by atoms with Gasteiger partial charge in [-0.1, -0.05) is 30.3 Å². The first kappa shape index (κ1) is 10.7. The minimum Gasteiger partial charge on any atom is -0.473 e. The number of ether oxygens (including phenoxy) is 1. The molecule has 3 heteroatoms. The van der Waals surface area contributed by atoms with Crippen molar-refractivity contribution in [1.29, 1.82) is 0 Å². The maximum absolute atomic E-state index is 5.79. The number of hydrogen-bond donors (Lipinski definition) is 0. The third-order valence-corrected chi connectivity index (χ3v) is 2.48. The van der Waals surface area contributed by atoms with Crippen LogP contribution in [0.3, 0.4) is 0 Å². The van der Waals surface area contributed by atoms with Crippen LogP contribution in [0.25, 0.3) is 0 Å². The van der Waals surface area contributed by atoms with Crippen LogP contribution >= 0.6 is 0 Å². The molecule has 0 N–H and O–H groups in total. The van der Waals surface area contributed by atoms with E-state index in [2.05, 4.69) is 24.2 Å². The molecule has 0 atom stereocenters. The summed E-state index contributed by atoms with van der Waals surface area (Å²) in [6.07, 6.45) is 1.84. The first-order valence-electron chi connectivity index (χ1n) is 5.50. The Hall–Kier alpha value is -1.77. The van der Waals surface area contributed by atoms with Crippen LogP contribution in [0.1, 0.15) is 18.1 Å². The summed E-state index contributed by atoms with van der Waals surface area (Å²) >= 11 is 0. The molecular formula is C13H16N2O. The maximum atomic E-state index is 5.79. The lowest BCUT2D eigenvalue weighted by Gasteiger charge is -2.08. The van der Waals surface area contributed by atoms with E-state index < -0.39 is 0 Å². The summed E-state index contributed by atoms with van der Waals surface area (Å²) in [4.78, 5) is 0. The second kappa shape index (κ2) is 4.84. The molecule has 0 saturated heterocycles. The Kier molecular flexibility index (Phi) is 3.25. The lowest BCUT2D eigenvalue weighted by molar-refractivity contribution is 0.272. The van der Waals surface area contributed by atoms with Gasteiger partial charge < -0.3 is 4.74 Å². The molecule has 0 aliphatic carbocycles. The Bertz CT molecular complexity index is 448. The Labute approximate surface area is 95.7 Å². The highest BCUT2D eigenvalue weighted by Gasteiger charge is 2.06. The van der Waals surface area contributed by atoms with E-state index in [4.69, 9.17) is 4.74 Å². The highest BCUT2D eigenvalue weighted by Crippen LogP contribution is 2.18. The zero-order valence-electron chi connectivity index (χ0n) is 9.68. The number of nitrogens with zero attached hydrogens (tertiary/aromatic N) is 2. The van der Waals surface area contributed by atoms with Crippen molar-refractivity contribution in [2.45, 2.75) is 27.0 Å². The van der Waals surface area contributed by atoms with Crippen LogP contribution in [-0.4, -0.2) is 9.78 Å². The monoisotopic (exact) mass is 216 g/mol. The van der Waals surface area contributed by atoms with Gasteiger partial charge in [0, 0.05) is 12.1 Å². The minimum atomic E-state index is 0.591. The molecule has 0 bridgehead atoms. The second-order valence-electron chi connectivity index (χ2n) is 3.72. The quantitative estimate of drug-likeness (QED) is 0.785.